The lowest BCUT2D eigenvalue weighted by Crippen LogP contribution is -2.33. The summed E-state index contributed by atoms with van der Waals surface area (Å²) in [5, 5.41) is 0. The fraction of sp³-hybridized carbons (Fsp3) is 0.500. The van der Waals surface area contributed by atoms with Crippen LogP contribution >= 0.6 is 28.1 Å². The van der Waals surface area contributed by atoms with E-state index in [-0.39, 0.29) is 0 Å². The minimum atomic E-state index is 0.450. The Morgan fingerprint density at radius 1 is 1.44 bits per heavy atom. The van der Waals surface area contributed by atoms with Gasteiger partial charge in [-0.3, -0.25) is 0 Å². The summed E-state index contributed by atoms with van der Waals surface area (Å²) in [4.78, 5) is 2.94. The fourth-order valence-electron chi connectivity index (χ4n) is 2.73. The molecule has 4 heteroatoms. The standard InChI is InChI=1S/C14H19BrN2S/c1-2-17(11-5-3-4-6-11)13-8-7-10(14(16)18)9-12(13)15/h7-9,11H,2-6H2,1H3,(H2,16,18). The zero-order chi connectivity index (χ0) is 13.1. The van der Waals surface area contributed by atoms with Crippen LogP contribution in [0.15, 0.2) is 22.7 Å². The van der Waals surface area contributed by atoms with Crippen LogP contribution in [-0.2, 0) is 0 Å². The molecule has 0 radical (unpaired) electrons. The topological polar surface area (TPSA) is 29.3 Å². The fourth-order valence-corrected chi connectivity index (χ4v) is 3.47. The molecule has 1 aliphatic rings. The Labute approximate surface area is 123 Å². The third-order valence-electron chi connectivity index (χ3n) is 3.65. The lowest BCUT2D eigenvalue weighted by molar-refractivity contribution is 0.619. The van der Waals surface area contributed by atoms with E-state index in [4.69, 9.17) is 18.0 Å². The molecular formula is C14H19BrN2S. The second-order valence-corrected chi connectivity index (χ2v) is 6.05. The van der Waals surface area contributed by atoms with E-state index in [1.165, 1.54) is 31.4 Å². The van der Waals surface area contributed by atoms with E-state index in [9.17, 15) is 0 Å². The summed E-state index contributed by atoms with van der Waals surface area (Å²) in [6.45, 7) is 3.25. The van der Waals surface area contributed by atoms with Gasteiger partial charge in [0.05, 0.1) is 5.69 Å². The number of anilines is 1. The highest BCUT2D eigenvalue weighted by atomic mass is 79.9. The Morgan fingerprint density at radius 2 is 2.11 bits per heavy atom. The summed E-state index contributed by atoms with van der Waals surface area (Å²) in [6.07, 6.45) is 5.31. The van der Waals surface area contributed by atoms with E-state index in [1.54, 1.807) is 0 Å². The van der Waals surface area contributed by atoms with Crippen molar-refractivity contribution in [3.63, 3.8) is 0 Å². The van der Waals surface area contributed by atoms with Gasteiger partial charge in [-0.1, -0.05) is 25.1 Å². The van der Waals surface area contributed by atoms with E-state index in [2.05, 4.69) is 33.8 Å². The maximum Gasteiger partial charge on any atom is 0.104 e. The van der Waals surface area contributed by atoms with Crippen molar-refractivity contribution in [3.8, 4) is 0 Å². The molecule has 0 aliphatic heterocycles. The largest absolute Gasteiger partial charge is 0.389 e. The maximum absolute atomic E-state index is 5.66. The molecule has 1 aromatic carbocycles. The number of nitrogens with two attached hydrogens (primary N) is 1. The number of thiocarbonyl (C=S) groups is 1. The molecule has 98 valence electrons. The molecule has 1 fully saturated rings. The second-order valence-electron chi connectivity index (χ2n) is 4.75. The average Bonchev–Trinajstić information content (AvgIpc) is 2.85. The Bertz CT molecular complexity index is 441. The third-order valence-corrected chi connectivity index (χ3v) is 4.52. The van der Waals surface area contributed by atoms with Gasteiger partial charge in [-0.25, -0.2) is 0 Å². The highest BCUT2D eigenvalue weighted by Gasteiger charge is 2.23. The van der Waals surface area contributed by atoms with Gasteiger partial charge >= 0.3 is 0 Å². The molecule has 1 saturated carbocycles. The van der Waals surface area contributed by atoms with Crippen LogP contribution in [0.3, 0.4) is 0 Å². The monoisotopic (exact) mass is 326 g/mol. The molecule has 2 nitrogen and oxygen atoms in total. The SMILES string of the molecule is CCN(c1ccc(C(N)=S)cc1Br)C1CCCC1. The normalized spacial score (nSPS) is 15.9. The molecule has 0 atom stereocenters. The summed E-state index contributed by atoms with van der Waals surface area (Å²) in [6, 6.07) is 6.84. The summed E-state index contributed by atoms with van der Waals surface area (Å²) < 4.78 is 1.08. The van der Waals surface area contributed by atoms with E-state index in [1.807, 2.05) is 12.1 Å². The Morgan fingerprint density at radius 3 is 2.61 bits per heavy atom. The first-order valence-electron chi connectivity index (χ1n) is 6.49. The minimum absolute atomic E-state index is 0.450. The molecule has 1 aromatic rings. The van der Waals surface area contributed by atoms with Crippen molar-refractivity contribution >= 4 is 38.8 Å². The van der Waals surface area contributed by atoms with Crippen molar-refractivity contribution in [2.45, 2.75) is 38.6 Å². The van der Waals surface area contributed by atoms with Gasteiger partial charge in [-0.15, -0.1) is 0 Å². The van der Waals surface area contributed by atoms with Gasteiger partial charge in [0.25, 0.3) is 0 Å². The summed E-state index contributed by atoms with van der Waals surface area (Å²) in [5.74, 6) is 0. The number of halogens is 1. The van der Waals surface area contributed by atoms with Gasteiger partial charge in [0.15, 0.2) is 0 Å². The first-order valence-corrected chi connectivity index (χ1v) is 7.69. The molecule has 2 N–H and O–H groups in total. The zero-order valence-electron chi connectivity index (χ0n) is 10.7. The van der Waals surface area contributed by atoms with Crippen LogP contribution in [0.25, 0.3) is 0 Å². The number of rotatable bonds is 4. The van der Waals surface area contributed by atoms with Gasteiger partial charge < -0.3 is 10.6 Å². The van der Waals surface area contributed by atoms with Crippen molar-refractivity contribution in [2.24, 2.45) is 5.73 Å². The zero-order valence-corrected chi connectivity index (χ0v) is 13.1. The van der Waals surface area contributed by atoms with Gasteiger partial charge in [0.2, 0.25) is 0 Å². The van der Waals surface area contributed by atoms with Crippen LogP contribution in [-0.4, -0.2) is 17.6 Å². The van der Waals surface area contributed by atoms with Crippen molar-refractivity contribution in [1.29, 1.82) is 0 Å². The minimum Gasteiger partial charge on any atom is -0.389 e. The van der Waals surface area contributed by atoms with Crippen molar-refractivity contribution in [2.75, 3.05) is 11.4 Å². The molecule has 0 aromatic heterocycles. The second kappa shape index (κ2) is 6.02. The van der Waals surface area contributed by atoms with Crippen molar-refractivity contribution in [3.05, 3.63) is 28.2 Å². The van der Waals surface area contributed by atoms with E-state index in [0.717, 1.165) is 16.6 Å². The van der Waals surface area contributed by atoms with Crippen LogP contribution in [0.1, 0.15) is 38.2 Å². The molecule has 1 aliphatic carbocycles. The number of benzene rings is 1. The van der Waals surface area contributed by atoms with E-state index >= 15 is 0 Å². The van der Waals surface area contributed by atoms with Crippen LogP contribution in [0.5, 0.6) is 0 Å². The Hall–Kier alpha value is -0.610. The predicted molar refractivity (Wildman–Crippen MR) is 85.3 cm³/mol. The highest BCUT2D eigenvalue weighted by molar-refractivity contribution is 9.10. The predicted octanol–water partition coefficient (Wildman–Crippen LogP) is 3.85. The average molecular weight is 327 g/mol. The van der Waals surface area contributed by atoms with Gasteiger partial charge in [0, 0.05) is 22.6 Å². The van der Waals surface area contributed by atoms with Crippen LogP contribution in [0.4, 0.5) is 5.69 Å². The summed E-state index contributed by atoms with van der Waals surface area (Å²) in [7, 11) is 0. The smallest absolute Gasteiger partial charge is 0.104 e. The van der Waals surface area contributed by atoms with Crippen LogP contribution in [0, 0.1) is 0 Å². The molecule has 0 bridgehead atoms. The summed E-state index contributed by atoms with van der Waals surface area (Å²) >= 11 is 8.66. The van der Waals surface area contributed by atoms with Crippen LogP contribution < -0.4 is 10.6 Å². The number of nitrogens with zero attached hydrogens (tertiary/aromatic N) is 1. The third kappa shape index (κ3) is 2.86. The Balaban J connectivity index is 2.27. The first-order chi connectivity index (χ1) is 8.63. The molecule has 0 unspecified atom stereocenters. The van der Waals surface area contributed by atoms with Gasteiger partial charge in [0.1, 0.15) is 4.99 Å². The van der Waals surface area contributed by atoms with Crippen molar-refractivity contribution < 1.29 is 0 Å². The van der Waals surface area contributed by atoms with Gasteiger partial charge in [-0.05, 0) is 53.9 Å². The van der Waals surface area contributed by atoms with E-state index in [0.29, 0.717) is 11.0 Å². The number of hydrogen-bond acceptors (Lipinski definition) is 2. The molecule has 0 saturated heterocycles. The Kier molecular flexibility index (Phi) is 4.62. The van der Waals surface area contributed by atoms with Crippen LogP contribution in [0.2, 0.25) is 0 Å². The molecule has 0 amide bonds. The van der Waals surface area contributed by atoms with Gasteiger partial charge in [-0.2, -0.15) is 0 Å². The molecular weight excluding hydrogens is 308 g/mol. The maximum atomic E-state index is 5.66. The molecule has 18 heavy (non-hydrogen) atoms. The van der Waals surface area contributed by atoms with E-state index < -0.39 is 0 Å². The van der Waals surface area contributed by atoms with Crippen molar-refractivity contribution in [1.82, 2.24) is 0 Å². The quantitative estimate of drug-likeness (QED) is 0.852. The first kappa shape index (κ1) is 13.8. The molecule has 0 heterocycles. The summed E-state index contributed by atoms with van der Waals surface area (Å²) in [5.41, 5.74) is 7.83. The highest BCUT2D eigenvalue weighted by Crippen LogP contribution is 2.33. The lowest BCUT2D eigenvalue weighted by atomic mass is 10.1. The molecule has 0 spiro atoms. The lowest BCUT2D eigenvalue weighted by Gasteiger charge is -2.31. The molecule has 2 rings (SSSR count). The number of hydrogen-bond donors (Lipinski definition) is 1.